The Balaban J connectivity index is 1.66. The highest BCUT2D eigenvalue weighted by Gasteiger charge is 2.08. The first kappa shape index (κ1) is 10.9. The van der Waals surface area contributed by atoms with Crippen LogP contribution in [0.3, 0.4) is 0 Å². The van der Waals surface area contributed by atoms with Crippen molar-refractivity contribution in [1.82, 2.24) is 0 Å². The van der Waals surface area contributed by atoms with Crippen LogP contribution < -0.4 is 0 Å². The van der Waals surface area contributed by atoms with E-state index in [2.05, 4.69) is 12.2 Å². The molecule has 0 atom stereocenters. The average Bonchev–Trinajstić information content (AvgIpc) is 2.89. The summed E-state index contributed by atoms with van der Waals surface area (Å²) in [5.74, 6) is 1.30. The van der Waals surface area contributed by atoms with Crippen LogP contribution in [-0.2, 0) is 11.2 Å². The Morgan fingerprint density at radius 3 is 3.00 bits per heavy atom. The van der Waals surface area contributed by atoms with E-state index in [0.717, 1.165) is 31.4 Å². The number of rotatable bonds is 5. The number of allylic oxidation sites excluding steroid dienone is 4. The van der Waals surface area contributed by atoms with Crippen molar-refractivity contribution in [3.8, 4) is 0 Å². The van der Waals surface area contributed by atoms with Crippen LogP contribution in [-0.4, -0.2) is 5.78 Å². The summed E-state index contributed by atoms with van der Waals surface area (Å²) in [5, 5.41) is 0. The molecule has 0 fully saturated rings. The number of carbonyl (C=O) groups excluding carboxylic acids is 1. The fourth-order valence-electron chi connectivity index (χ4n) is 1.83. The Kier molecular flexibility index (Phi) is 3.76. The molecule has 0 saturated carbocycles. The zero-order chi connectivity index (χ0) is 11.2. The van der Waals surface area contributed by atoms with Gasteiger partial charge in [0, 0.05) is 12.8 Å². The summed E-state index contributed by atoms with van der Waals surface area (Å²) in [6, 6.07) is 3.92. The summed E-state index contributed by atoms with van der Waals surface area (Å²) in [6.45, 7) is 0. The molecule has 16 heavy (non-hydrogen) atoms. The zero-order valence-corrected chi connectivity index (χ0v) is 9.32. The molecule has 0 amide bonds. The molecule has 84 valence electrons. The van der Waals surface area contributed by atoms with E-state index < -0.39 is 0 Å². The van der Waals surface area contributed by atoms with Gasteiger partial charge in [-0.05, 0) is 43.0 Å². The number of hydrogen-bond donors (Lipinski definition) is 0. The molecular formula is C14H16O2. The van der Waals surface area contributed by atoms with Crippen molar-refractivity contribution in [3.05, 3.63) is 48.0 Å². The van der Waals surface area contributed by atoms with E-state index in [1.165, 1.54) is 5.57 Å². The lowest BCUT2D eigenvalue weighted by molar-refractivity contribution is -0.114. The molecule has 2 heteroatoms. The van der Waals surface area contributed by atoms with Gasteiger partial charge in [0.2, 0.25) is 0 Å². The minimum atomic E-state index is 0.259. The maximum atomic E-state index is 11.0. The Morgan fingerprint density at radius 2 is 2.31 bits per heavy atom. The molecule has 0 bridgehead atoms. The number of aryl methyl sites for hydroxylation is 1. The topological polar surface area (TPSA) is 30.2 Å². The zero-order valence-electron chi connectivity index (χ0n) is 9.32. The first-order chi connectivity index (χ1) is 7.84. The van der Waals surface area contributed by atoms with Gasteiger partial charge in [-0.3, -0.25) is 4.79 Å². The smallest absolute Gasteiger partial charge is 0.156 e. The molecule has 0 saturated heterocycles. The van der Waals surface area contributed by atoms with Gasteiger partial charge < -0.3 is 4.42 Å². The van der Waals surface area contributed by atoms with E-state index in [1.54, 1.807) is 12.3 Å². The highest BCUT2D eigenvalue weighted by atomic mass is 16.3. The van der Waals surface area contributed by atoms with Crippen molar-refractivity contribution >= 4 is 5.78 Å². The Bertz CT molecular complexity index is 396. The Labute approximate surface area is 95.7 Å². The lowest BCUT2D eigenvalue weighted by atomic mass is 10.1. The van der Waals surface area contributed by atoms with Crippen LogP contribution in [0.1, 0.15) is 31.4 Å². The van der Waals surface area contributed by atoms with Crippen LogP contribution in [0, 0.1) is 0 Å². The molecule has 1 aromatic rings. The Morgan fingerprint density at radius 1 is 1.38 bits per heavy atom. The number of carbonyl (C=O) groups is 1. The molecular weight excluding hydrogens is 200 g/mol. The predicted octanol–water partition coefficient (Wildman–Crippen LogP) is 3.45. The van der Waals surface area contributed by atoms with Crippen LogP contribution in [0.4, 0.5) is 0 Å². The van der Waals surface area contributed by atoms with Gasteiger partial charge in [-0.1, -0.05) is 12.2 Å². The summed E-state index contributed by atoms with van der Waals surface area (Å²) < 4.78 is 5.25. The van der Waals surface area contributed by atoms with Crippen LogP contribution in [0.15, 0.2) is 46.6 Å². The quantitative estimate of drug-likeness (QED) is 0.706. The van der Waals surface area contributed by atoms with Gasteiger partial charge in [-0.15, -0.1) is 0 Å². The van der Waals surface area contributed by atoms with Crippen molar-refractivity contribution in [2.75, 3.05) is 0 Å². The standard InChI is InChI=1S/C14H16O2/c15-13-9-8-12(11-13)5-2-1-3-6-14-7-4-10-16-14/h2,4-5,7,10-11H,1,3,6,8-9H2/b5-2+. The van der Waals surface area contributed by atoms with Gasteiger partial charge in [-0.2, -0.15) is 0 Å². The van der Waals surface area contributed by atoms with Gasteiger partial charge in [0.05, 0.1) is 6.26 Å². The minimum Gasteiger partial charge on any atom is -0.469 e. The first-order valence-electron chi connectivity index (χ1n) is 5.77. The normalized spacial score (nSPS) is 16.0. The molecule has 0 spiro atoms. The van der Waals surface area contributed by atoms with Crippen molar-refractivity contribution in [1.29, 1.82) is 0 Å². The summed E-state index contributed by atoms with van der Waals surface area (Å²) in [6.07, 6.45) is 12.4. The first-order valence-corrected chi connectivity index (χ1v) is 5.77. The van der Waals surface area contributed by atoms with E-state index in [0.29, 0.717) is 6.42 Å². The predicted molar refractivity (Wildman–Crippen MR) is 63.1 cm³/mol. The van der Waals surface area contributed by atoms with Gasteiger partial charge in [-0.25, -0.2) is 0 Å². The van der Waals surface area contributed by atoms with Crippen LogP contribution in [0.25, 0.3) is 0 Å². The number of furan rings is 1. The van der Waals surface area contributed by atoms with Crippen molar-refractivity contribution in [3.63, 3.8) is 0 Å². The highest BCUT2D eigenvalue weighted by molar-refractivity contribution is 5.93. The molecule has 0 aliphatic heterocycles. The van der Waals surface area contributed by atoms with E-state index in [-0.39, 0.29) is 5.78 Å². The second-order valence-corrected chi connectivity index (χ2v) is 4.06. The lowest BCUT2D eigenvalue weighted by Crippen LogP contribution is -1.80. The minimum absolute atomic E-state index is 0.259. The second kappa shape index (κ2) is 5.50. The maximum Gasteiger partial charge on any atom is 0.156 e. The van der Waals surface area contributed by atoms with Crippen molar-refractivity contribution in [2.24, 2.45) is 0 Å². The number of ketones is 1. The molecule has 1 heterocycles. The third kappa shape index (κ3) is 3.23. The van der Waals surface area contributed by atoms with E-state index >= 15 is 0 Å². The fraction of sp³-hybridized carbons (Fsp3) is 0.357. The van der Waals surface area contributed by atoms with Crippen LogP contribution >= 0.6 is 0 Å². The summed E-state index contributed by atoms with van der Waals surface area (Å²) >= 11 is 0. The average molecular weight is 216 g/mol. The third-order valence-corrected chi connectivity index (χ3v) is 2.71. The Hall–Kier alpha value is -1.57. The van der Waals surface area contributed by atoms with E-state index in [4.69, 9.17) is 4.42 Å². The third-order valence-electron chi connectivity index (χ3n) is 2.71. The van der Waals surface area contributed by atoms with Crippen molar-refractivity contribution < 1.29 is 9.21 Å². The molecule has 0 unspecified atom stereocenters. The molecule has 2 nitrogen and oxygen atoms in total. The van der Waals surface area contributed by atoms with Gasteiger partial charge in [0.1, 0.15) is 5.76 Å². The molecule has 0 radical (unpaired) electrons. The van der Waals surface area contributed by atoms with Gasteiger partial charge in [0.15, 0.2) is 5.78 Å². The monoisotopic (exact) mass is 216 g/mol. The second-order valence-electron chi connectivity index (χ2n) is 4.06. The molecule has 1 aliphatic carbocycles. The highest BCUT2D eigenvalue weighted by Crippen LogP contribution is 2.16. The van der Waals surface area contributed by atoms with Crippen LogP contribution in [0.2, 0.25) is 0 Å². The number of unbranched alkanes of at least 4 members (excludes halogenated alkanes) is 1. The van der Waals surface area contributed by atoms with E-state index in [1.807, 2.05) is 12.1 Å². The summed E-state index contributed by atoms with van der Waals surface area (Å²) in [4.78, 5) is 11.0. The molecule has 2 rings (SSSR count). The molecule has 1 aliphatic rings. The van der Waals surface area contributed by atoms with Crippen molar-refractivity contribution in [2.45, 2.75) is 32.1 Å². The largest absolute Gasteiger partial charge is 0.469 e. The lowest BCUT2D eigenvalue weighted by Gasteiger charge is -1.94. The number of hydrogen-bond acceptors (Lipinski definition) is 2. The SMILES string of the molecule is O=C1C=C(/C=C/CCCc2ccco2)CC1. The van der Waals surface area contributed by atoms with Crippen LogP contribution in [0.5, 0.6) is 0 Å². The van der Waals surface area contributed by atoms with E-state index in [9.17, 15) is 4.79 Å². The molecule has 0 N–H and O–H groups in total. The summed E-state index contributed by atoms with van der Waals surface area (Å²) in [5.41, 5.74) is 1.17. The summed E-state index contributed by atoms with van der Waals surface area (Å²) in [7, 11) is 0. The molecule has 1 aromatic heterocycles. The molecule has 0 aromatic carbocycles. The maximum absolute atomic E-state index is 11.0. The van der Waals surface area contributed by atoms with Gasteiger partial charge >= 0.3 is 0 Å². The van der Waals surface area contributed by atoms with Gasteiger partial charge in [0.25, 0.3) is 0 Å². The fourth-order valence-corrected chi connectivity index (χ4v) is 1.83.